The van der Waals surface area contributed by atoms with Gasteiger partial charge in [-0.25, -0.2) is 0 Å². The first-order chi connectivity index (χ1) is 17.2. The number of carbonyl (C=O) groups is 1. The van der Waals surface area contributed by atoms with Gasteiger partial charge in [0, 0.05) is 31.6 Å². The van der Waals surface area contributed by atoms with Crippen LogP contribution in [0.1, 0.15) is 28.7 Å². The van der Waals surface area contributed by atoms with Crippen LogP contribution in [0.4, 0.5) is 0 Å². The molecule has 0 unspecified atom stereocenters. The highest BCUT2D eigenvalue weighted by Crippen LogP contribution is 2.19. The minimum atomic E-state index is -0.325. The van der Waals surface area contributed by atoms with Gasteiger partial charge in [-0.3, -0.25) is 9.69 Å². The van der Waals surface area contributed by atoms with Crippen molar-refractivity contribution in [2.45, 2.75) is 38.4 Å². The fraction of sp³-hybridized carbons (Fsp3) is 0.188. The lowest BCUT2D eigenvalue weighted by Crippen LogP contribution is -2.42. The zero-order chi connectivity index (χ0) is 24.3. The van der Waals surface area contributed by atoms with Gasteiger partial charge in [0.1, 0.15) is 0 Å². The largest absolute Gasteiger partial charge is 0.309 e. The van der Waals surface area contributed by atoms with E-state index in [-0.39, 0.29) is 18.2 Å². The van der Waals surface area contributed by atoms with Crippen molar-refractivity contribution >= 4 is 11.5 Å². The van der Waals surface area contributed by atoms with Crippen molar-refractivity contribution in [3.63, 3.8) is 0 Å². The number of hydrogen-bond acceptors (Lipinski definition) is 3. The molecule has 0 aliphatic carbocycles. The van der Waals surface area contributed by atoms with Crippen LogP contribution in [-0.2, 0) is 30.7 Å². The minimum absolute atomic E-state index is 0.0987. The van der Waals surface area contributed by atoms with Gasteiger partial charge >= 0.3 is 0 Å². The normalized spacial score (nSPS) is 11.8. The Morgan fingerprint density at radius 1 is 0.600 bits per heavy atom. The van der Waals surface area contributed by atoms with Gasteiger partial charge in [-0.2, -0.15) is 0 Å². The van der Waals surface area contributed by atoms with Crippen molar-refractivity contribution in [3.05, 3.63) is 144 Å². The summed E-state index contributed by atoms with van der Waals surface area (Å²) in [6, 6.07) is 40.5. The van der Waals surface area contributed by atoms with Gasteiger partial charge in [0.2, 0.25) is 0 Å². The molecule has 0 heterocycles. The summed E-state index contributed by atoms with van der Waals surface area (Å²) in [6.07, 6.45) is 1.28. The van der Waals surface area contributed by atoms with E-state index < -0.39 is 0 Å². The number of nitrogens with one attached hydrogen (secondary N) is 1. The average molecular weight is 461 g/mol. The van der Waals surface area contributed by atoms with Crippen LogP contribution in [0.2, 0.25) is 0 Å². The zero-order valence-corrected chi connectivity index (χ0v) is 20.0. The summed E-state index contributed by atoms with van der Waals surface area (Å²) in [5, 5.41) is 8.57. The standard InChI is InChI=1S/C32H32N2O/c33-30(21-26-13-5-1-6-14-26)23-32(35)31(22-27-15-7-2-8-16-27)34(24-28-17-9-3-10-18-28)25-29-19-11-4-12-20-29/h1-20,31,33H,21-25H2/t31-/m1/s1. The van der Waals surface area contributed by atoms with Gasteiger partial charge in [-0.15, -0.1) is 0 Å². The second-order valence-corrected chi connectivity index (χ2v) is 8.99. The number of ketones is 1. The highest BCUT2D eigenvalue weighted by molar-refractivity contribution is 6.03. The van der Waals surface area contributed by atoms with Crippen LogP contribution in [0.25, 0.3) is 0 Å². The van der Waals surface area contributed by atoms with E-state index in [0.29, 0.717) is 31.6 Å². The quantitative estimate of drug-likeness (QED) is 0.245. The number of rotatable bonds is 12. The van der Waals surface area contributed by atoms with Gasteiger partial charge in [0.05, 0.1) is 6.04 Å². The summed E-state index contributed by atoms with van der Waals surface area (Å²) in [6.45, 7) is 1.34. The molecule has 0 spiro atoms. The molecule has 4 rings (SSSR count). The molecule has 3 heteroatoms. The van der Waals surface area contributed by atoms with Crippen molar-refractivity contribution in [1.29, 1.82) is 5.41 Å². The summed E-state index contributed by atoms with van der Waals surface area (Å²) >= 11 is 0. The van der Waals surface area contributed by atoms with Crippen LogP contribution in [0.3, 0.4) is 0 Å². The van der Waals surface area contributed by atoms with Gasteiger partial charge in [-0.1, -0.05) is 121 Å². The lowest BCUT2D eigenvalue weighted by atomic mass is 9.94. The van der Waals surface area contributed by atoms with E-state index in [0.717, 1.165) is 11.1 Å². The maximum atomic E-state index is 13.8. The highest BCUT2D eigenvalue weighted by atomic mass is 16.1. The number of hydrogen-bond donors (Lipinski definition) is 1. The van der Waals surface area contributed by atoms with Crippen molar-refractivity contribution in [2.24, 2.45) is 0 Å². The molecule has 0 aliphatic heterocycles. The van der Waals surface area contributed by atoms with Crippen molar-refractivity contribution in [3.8, 4) is 0 Å². The molecule has 176 valence electrons. The maximum Gasteiger partial charge on any atom is 0.155 e. The summed E-state index contributed by atoms with van der Waals surface area (Å²) in [7, 11) is 0. The van der Waals surface area contributed by atoms with Gasteiger partial charge < -0.3 is 5.41 Å². The smallest absolute Gasteiger partial charge is 0.155 e. The van der Waals surface area contributed by atoms with Crippen molar-refractivity contribution < 1.29 is 4.79 Å². The van der Waals surface area contributed by atoms with Crippen LogP contribution in [0.5, 0.6) is 0 Å². The van der Waals surface area contributed by atoms with E-state index in [2.05, 4.69) is 41.3 Å². The molecule has 0 radical (unpaired) electrons. The molecule has 0 fully saturated rings. The highest BCUT2D eigenvalue weighted by Gasteiger charge is 2.27. The predicted molar refractivity (Wildman–Crippen MR) is 144 cm³/mol. The molecule has 4 aromatic carbocycles. The van der Waals surface area contributed by atoms with E-state index in [9.17, 15) is 4.79 Å². The maximum absolute atomic E-state index is 13.8. The SMILES string of the molecule is N=C(CC(=O)[C@@H](Cc1ccccc1)N(Cc1ccccc1)Cc1ccccc1)Cc1ccccc1. The molecule has 0 aliphatic rings. The van der Waals surface area contributed by atoms with Crippen LogP contribution in [-0.4, -0.2) is 22.4 Å². The van der Waals surface area contributed by atoms with E-state index in [1.54, 1.807) is 0 Å². The molecule has 3 nitrogen and oxygen atoms in total. The Hall–Kier alpha value is -3.82. The second kappa shape index (κ2) is 12.6. The van der Waals surface area contributed by atoms with Crippen molar-refractivity contribution in [1.82, 2.24) is 4.90 Å². The van der Waals surface area contributed by atoms with Crippen LogP contribution >= 0.6 is 0 Å². The Morgan fingerprint density at radius 3 is 1.46 bits per heavy atom. The third-order valence-corrected chi connectivity index (χ3v) is 6.19. The van der Waals surface area contributed by atoms with Crippen LogP contribution < -0.4 is 0 Å². The van der Waals surface area contributed by atoms with Crippen LogP contribution in [0.15, 0.2) is 121 Å². The van der Waals surface area contributed by atoms with E-state index in [1.165, 1.54) is 11.1 Å². The van der Waals surface area contributed by atoms with Gasteiger partial charge in [0.15, 0.2) is 5.78 Å². The Balaban J connectivity index is 1.60. The molecular formula is C32H32N2O. The molecule has 0 bridgehead atoms. The van der Waals surface area contributed by atoms with E-state index in [4.69, 9.17) is 5.41 Å². The summed E-state index contributed by atoms with van der Waals surface area (Å²) < 4.78 is 0. The third-order valence-electron chi connectivity index (χ3n) is 6.19. The lowest BCUT2D eigenvalue weighted by Gasteiger charge is -2.31. The number of Topliss-reactive ketones (excluding diaryl/α,β-unsaturated/α-hetero) is 1. The first-order valence-corrected chi connectivity index (χ1v) is 12.2. The fourth-order valence-electron chi connectivity index (χ4n) is 4.43. The second-order valence-electron chi connectivity index (χ2n) is 8.99. The fourth-order valence-corrected chi connectivity index (χ4v) is 4.43. The molecule has 4 aromatic rings. The lowest BCUT2D eigenvalue weighted by molar-refractivity contribution is -0.123. The monoisotopic (exact) mass is 460 g/mol. The average Bonchev–Trinajstić information content (AvgIpc) is 2.89. The Kier molecular flexibility index (Phi) is 8.74. The topological polar surface area (TPSA) is 44.2 Å². The summed E-state index contributed by atoms with van der Waals surface area (Å²) in [5.41, 5.74) is 5.00. The molecule has 1 N–H and O–H groups in total. The van der Waals surface area contributed by atoms with Gasteiger partial charge in [0.25, 0.3) is 0 Å². The first kappa shape index (κ1) is 24.3. The molecule has 35 heavy (non-hydrogen) atoms. The Morgan fingerprint density at radius 2 is 1.00 bits per heavy atom. The molecule has 0 saturated heterocycles. The predicted octanol–water partition coefficient (Wildman–Crippen LogP) is 6.52. The minimum Gasteiger partial charge on any atom is -0.309 e. The third kappa shape index (κ3) is 7.59. The van der Waals surface area contributed by atoms with Crippen molar-refractivity contribution in [2.75, 3.05) is 0 Å². The summed E-state index contributed by atoms with van der Waals surface area (Å²) in [5.74, 6) is 0.0987. The molecule has 1 atom stereocenters. The Labute approximate surface area is 208 Å². The number of benzene rings is 4. The molecular weight excluding hydrogens is 428 g/mol. The number of carbonyl (C=O) groups excluding carboxylic acids is 1. The Bertz CT molecular complexity index is 1150. The van der Waals surface area contributed by atoms with E-state index in [1.807, 2.05) is 84.9 Å². The first-order valence-electron chi connectivity index (χ1n) is 12.2. The molecule has 0 saturated carbocycles. The van der Waals surface area contributed by atoms with Crippen LogP contribution in [0, 0.1) is 5.41 Å². The number of nitrogens with zero attached hydrogens (tertiary/aromatic N) is 1. The summed E-state index contributed by atoms with van der Waals surface area (Å²) in [4.78, 5) is 16.1. The zero-order valence-electron chi connectivity index (χ0n) is 20.0. The molecule has 0 amide bonds. The molecule has 0 aromatic heterocycles. The van der Waals surface area contributed by atoms with E-state index >= 15 is 0 Å². The van der Waals surface area contributed by atoms with Gasteiger partial charge in [-0.05, 0) is 28.7 Å².